The van der Waals surface area contributed by atoms with E-state index in [1.54, 1.807) is 6.07 Å². The Balaban J connectivity index is 2.49. The molecule has 0 radical (unpaired) electrons. The van der Waals surface area contributed by atoms with E-state index >= 15 is 0 Å². The van der Waals surface area contributed by atoms with E-state index in [1.165, 1.54) is 19.3 Å². The summed E-state index contributed by atoms with van der Waals surface area (Å²) in [5.41, 5.74) is 1.14. The Kier molecular flexibility index (Phi) is 6.58. The SMILES string of the molecule is CCCCC(C)NCc1ccc(O)c(OCC)c1. The van der Waals surface area contributed by atoms with Gasteiger partial charge in [-0.15, -0.1) is 0 Å². The Morgan fingerprint density at radius 1 is 1.33 bits per heavy atom. The van der Waals surface area contributed by atoms with Crippen LogP contribution in [0.15, 0.2) is 18.2 Å². The van der Waals surface area contributed by atoms with Crippen LogP contribution in [-0.2, 0) is 6.54 Å². The van der Waals surface area contributed by atoms with Crippen LogP contribution in [0.3, 0.4) is 0 Å². The van der Waals surface area contributed by atoms with Gasteiger partial charge in [-0.05, 0) is 38.0 Å². The van der Waals surface area contributed by atoms with Crippen molar-refractivity contribution in [1.29, 1.82) is 0 Å². The highest BCUT2D eigenvalue weighted by Gasteiger charge is 2.05. The average molecular weight is 251 g/mol. The summed E-state index contributed by atoms with van der Waals surface area (Å²) < 4.78 is 5.37. The molecule has 0 bridgehead atoms. The van der Waals surface area contributed by atoms with Gasteiger partial charge in [0.2, 0.25) is 0 Å². The molecule has 0 spiro atoms. The van der Waals surface area contributed by atoms with Gasteiger partial charge in [-0.25, -0.2) is 0 Å². The van der Waals surface area contributed by atoms with Gasteiger partial charge in [0.25, 0.3) is 0 Å². The summed E-state index contributed by atoms with van der Waals surface area (Å²) in [7, 11) is 0. The zero-order valence-corrected chi connectivity index (χ0v) is 11.7. The van der Waals surface area contributed by atoms with Gasteiger partial charge in [-0.3, -0.25) is 0 Å². The maximum Gasteiger partial charge on any atom is 0.161 e. The normalized spacial score (nSPS) is 12.4. The van der Waals surface area contributed by atoms with Crippen LogP contribution < -0.4 is 10.1 Å². The summed E-state index contributed by atoms with van der Waals surface area (Å²) in [6, 6.07) is 6.04. The molecule has 0 saturated carbocycles. The first-order valence-electron chi connectivity index (χ1n) is 6.85. The molecule has 102 valence electrons. The van der Waals surface area contributed by atoms with Gasteiger partial charge in [0, 0.05) is 12.6 Å². The largest absolute Gasteiger partial charge is 0.504 e. The number of hydrogen-bond donors (Lipinski definition) is 2. The lowest BCUT2D eigenvalue weighted by atomic mass is 10.1. The first kappa shape index (κ1) is 14.8. The summed E-state index contributed by atoms with van der Waals surface area (Å²) in [6.45, 7) is 7.71. The summed E-state index contributed by atoms with van der Waals surface area (Å²) in [5, 5.41) is 13.1. The van der Waals surface area contributed by atoms with Crippen molar-refractivity contribution in [3.63, 3.8) is 0 Å². The number of phenols is 1. The standard InChI is InChI=1S/C15H25NO2/c1-4-6-7-12(3)16-11-13-8-9-14(17)15(10-13)18-5-2/h8-10,12,16-17H,4-7,11H2,1-3H3. The van der Waals surface area contributed by atoms with E-state index in [2.05, 4.69) is 19.2 Å². The van der Waals surface area contributed by atoms with Gasteiger partial charge in [0.1, 0.15) is 0 Å². The maximum atomic E-state index is 9.61. The molecule has 0 aliphatic heterocycles. The lowest BCUT2D eigenvalue weighted by molar-refractivity contribution is 0.317. The van der Waals surface area contributed by atoms with Crippen LogP contribution in [0, 0.1) is 0 Å². The maximum absolute atomic E-state index is 9.61. The highest BCUT2D eigenvalue weighted by molar-refractivity contribution is 5.41. The highest BCUT2D eigenvalue weighted by Crippen LogP contribution is 2.26. The molecule has 3 heteroatoms. The van der Waals surface area contributed by atoms with Crippen molar-refractivity contribution in [3.05, 3.63) is 23.8 Å². The van der Waals surface area contributed by atoms with Crippen LogP contribution in [0.1, 0.15) is 45.6 Å². The van der Waals surface area contributed by atoms with E-state index in [9.17, 15) is 5.11 Å². The van der Waals surface area contributed by atoms with Crippen molar-refractivity contribution >= 4 is 0 Å². The monoisotopic (exact) mass is 251 g/mol. The number of hydrogen-bond acceptors (Lipinski definition) is 3. The molecule has 0 fully saturated rings. The van der Waals surface area contributed by atoms with Crippen molar-refractivity contribution in [3.8, 4) is 11.5 Å². The molecule has 0 amide bonds. The van der Waals surface area contributed by atoms with E-state index in [0.717, 1.165) is 12.1 Å². The van der Waals surface area contributed by atoms with Gasteiger partial charge >= 0.3 is 0 Å². The Labute approximate surface area is 110 Å². The van der Waals surface area contributed by atoms with Crippen molar-refractivity contribution < 1.29 is 9.84 Å². The fourth-order valence-electron chi connectivity index (χ4n) is 1.84. The Bertz CT molecular complexity index is 352. The number of ether oxygens (including phenoxy) is 1. The number of aromatic hydroxyl groups is 1. The third kappa shape index (κ3) is 4.96. The molecule has 1 atom stereocenters. The first-order chi connectivity index (χ1) is 8.67. The molecule has 1 rings (SSSR count). The minimum absolute atomic E-state index is 0.208. The van der Waals surface area contributed by atoms with Gasteiger partial charge in [0.05, 0.1) is 6.61 Å². The van der Waals surface area contributed by atoms with Crippen LogP contribution in [0.2, 0.25) is 0 Å². The molecule has 1 aromatic rings. The molecule has 18 heavy (non-hydrogen) atoms. The quantitative estimate of drug-likeness (QED) is 0.743. The Morgan fingerprint density at radius 2 is 2.11 bits per heavy atom. The Hall–Kier alpha value is -1.22. The predicted octanol–water partition coefficient (Wildman–Crippen LogP) is 3.46. The zero-order valence-electron chi connectivity index (χ0n) is 11.7. The van der Waals surface area contributed by atoms with Crippen LogP contribution >= 0.6 is 0 Å². The lowest BCUT2D eigenvalue weighted by Crippen LogP contribution is -2.25. The summed E-state index contributed by atoms with van der Waals surface area (Å²) in [4.78, 5) is 0. The smallest absolute Gasteiger partial charge is 0.161 e. The number of nitrogens with one attached hydrogen (secondary N) is 1. The van der Waals surface area contributed by atoms with E-state index < -0.39 is 0 Å². The molecule has 1 aromatic carbocycles. The number of phenolic OH excluding ortho intramolecular Hbond substituents is 1. The van der Waals surface area contributed by atoms with E-state index in [1.807, 2.05) is 19.1 Å². The van der Waals surface area contributed by atoms with E-state index in [0.29, 0.717) is 18.4 Å². The topological polar surface area (TPSA) is 41.5 Å². The molecule has 2 N–H and O–H groups in total. The molecular weight excluding hydrogens is 226 g/mol. The lowest BCUT2D eigenvalue weighted by Gasteiger charge is -2.14. The first-order valence-corrected chi connectivity index (χ1v) is 6.85. The van der Waals surface area contributed by atoms with E-state index in [-0.39, 0.29) is 5.75 Å². The fourth-order valence-corrected chi connectivity index (χ4v) is 1.84. The molecule has 0 aromatic heterocycles. The number of rotatable bonds is 8. The van der Waals surface area contributed by atoms with Gasteiger partial charge < -0.3 is 15.2 Å². The van der Waals surface area contributed by atoms with Gasteiger partial charge in [-0.1, -0.05) is 25.8 Å². The van der Waals surface area contributed by atoms with Crippen LogP contribution in [-0.4, -0.2) is 17.8 Å². The van der Waals surface area contributed by atoms with Crippen molar-refractivity contribution in [2.45, 2.75) is 52.6 Å². The summed E-state index contributed by atoms with van der Waals surface area (Å²) in [5.74, 6) is 0.776. The minimum Gasteiger partial charge on any atom is -0.504 e. The van der Waals surface area contributed by atoms with Gasteiger partial charge in [0.15, 0.2) is 11.5 Å². The molecular formula is C15H25NO2. The van der Waals surface area contributed by atoms with Crippen molar-refractivity contribution in [2.75, 3.05) is 6.61 Å². The fraction of sp³-hybridized carbons (Fsp3) is 0.600. The highest BCUT2D eigenvalue weighted by atomic mass is 16.5. The van der Waals surface area contributed by atoms with Gasteiger partial charge in [-0.2, -0.15) is 0 Å². The summed E-state index contributed by atoms with van der Waals surface area (Å²) in [6.07, 6.45) is 3.69. The predicted molar refractivity (Wildman–Crippen MR) is 75.1 cm³/mol. The number of unbranched alkanes of at least 4 members (excludes halogenated alkanes) is 1. The third-order valence-corrected chi connectivity index (χ3v) is 2.97. The third-order valence-electron chi connectivity index (χ3n) is 2.97. The second kappa shape index (κ2) is 7.98. The van der Waals surface area contributed by atoms with E-state index in [4.69, 9.17) is 4.74 Å². The molecule has 0 heterocycles. The molecule has 3 nitrogen and oxygen atoms in total. The number of benzene rings is 1. The van der Waals surface area contributed by atoms with Crippen LogP contribution in [0.4, 0.5) is 0 Å². The molecule has 1 unspecified atom stereocenters. The molecule has 0 aliphatic carbocycles. The second-order valence-electron chi connectivity index (χ2n) is 4.66. The Morgan fingerprint density at radius 3 is 2.78 bits per heavy atom. The molecule has 0 aliphatic rings. The van der Waals surface area contributed by atoms with Crippen molar-refractivity contribution in [1.82, 2.24) is 5.32 Å². The molecule has 0 saturated heterocycles. The van der Waals surface area contributed by atoms with Crippen molar-refractivity contribution in [2.24, 2.45) is 0 Å². The van der Waals surface area contributed by atoms with Crippen LogP contribution in [0.5, 0.6) is 11.5 Å². The second-order valence-corrected chi connectivity index (χ2v) is 4.66. The van der Waals surface area contributed by atoms with Crippen LogP contribution in [0.25, 0.3) is 0 Å². The zero-order chi connectivity index (χ0) is 13.4. The minimum atomic E-state index is 0.208. The average Bonchev–Trinajstić information content (AvgIpc) is 2.37. The summed E-state index contributed by atoms with van der Waals surface area (Å²) >= 11 is 0.